The van der Waals surface area contributed by atoms with Crippen molar-refractivity contribution in [3.63, 3.8) is 0 Å². The Morgan fingerprint density at radius 3 is 2.68 bits per heavy atom. The molecule has 0 aliphatic rings. The maximum Gasteiger partial charge on any atom is 0.149 e. The van der Waals surface area contributed by atoms with E-state index in [-0.39, 0.29) is 5.41 Å². The summed E-state index contributed by atoms with van der Waals surface area (Å²) < 4.78 is 0. The average Bonchev–Trinajstić information content (AvgIpc) is 2.77. The minimum atomic E-state index is 0.120. The molecule has 0 amide bonds. The summed E-state index contributed by atoms with van der Waals surface area (Å²) in [6.45, 7) is 7.29. The van der Waals surface area contributed by atoms with Crippen molar-refractivity contribution in [2.45, 2.75) is 32.6 Å². The van der Waals surface area contributed by atoms with Gasteiger partial charge in [-0.2, -0.15) is 0 Å². The lowest BCUT2D eigenvalue weighted by atomic mass is 9.98. The molecule has 0 aromatic carbocycles. The summed E-state index contributed by atoms with van der Waals surface area (Å²) in [6, 6.07) is 0. The number of halogens is 1. The van der Waals surface area contributed by atoms with Gasteiger partial charge in [-0.3, -0.25) is 4.98 Å². The number of hydrogen-bond acceptors (Lipinski definition) is 5. The van der Waals surface area contributed by atoms with Crippen LogP contribution in [0.5, 0.6) is 0 Å². The van der Waals surface area contributed by atoms with Gasteiger partial charge >= 0.3 is 0 Å². The molecule has 1 N–H and O–H groups in total. The van der Waals surface area contributed by atoms with E-state index in [1.54, 1.807) is 17.5 Å². The van der Waals surface area contributed by atoms with E-state index in [9.17, 15) is 0 Å². The predicted molar refractivity (Wildman–Crippen MR) is 80.0 cm³/mol. The first-order valence-electron chi connectivity index (χ1n) is 6.11. The Bertz CT molecular complexity index is 548. The second kappa shape index (κ2) is 5.84. The van der Waals surface area contributed by atoms with Crippen molar-refractivity contribution in [1.82, 2.24) is 15.0 Å². The molecular weight excluding hydrogens is 280 g/mol. The molecule has 0 atom stereocenters. The number of nitrogens with one attached hydrogen (secondary N) is 1. The summed E-state index contributed by atoms with van der Waals surface area (Å²) in [5, 5.41) is 6.87. The summed E-state index contributed by atoms with van der Waals surface area (Å²) in [7, 11) is 0. The maximum absolute atomic E-state index is 5.77. The molecule has 0 radical (unpaired) electrons. The highest BCUT2D eigenvalue weighted by Crippen LogP contribution is 2.25. The van der Waals surface area contributed by atoms with Crippen LogP contribution in [-0.4, -0.2) is 21.5 Å². The van der Waals surface area contributed by atoms with Gasteiger partial charge in [-0.05, 0) is 0 Å². The van der Waals surface area contributed by atoms with Gasteiger partial charge in [0.1, 0.15) is 11.0 Å². The minimum Gasteiger partial charge on any atom is -0.368 e. The van der Waals surface area contributed by atoms with Crippen molar-refractivity contribution in [2.75, 3.05) is 11.9 Å². The predicted octanol–water partition coefficient (Wildman–Crippen LogP) is 3.54. The zero-order chi connectivity index (χ0) is 13.9. The van der Waals surface area contributed by atoms with E-state index in [0.29, 0.717) is 11.0 Å². The highest BCUT2D eigenvalue weighted by atomic mass is 35.5. The van der Waals surface area contributed by atoms with Gasteiger partial charge in [0.15, 0.2) is 0 Å². The van der Waals surface area contributed by atoms with Gasteiger partial charge < -0.3 is 5.32 Å². The van der Waals surface area contributed by atoms with Gasteiger partial charge in [-0.15, -0.1) is 11.3 Å². The smallest absolute Gasteiger partial charge is 0.149 e. The Hall–Kier alpha value is -1.20. The zero-order valence-electron chi connectivity index (χ0n) is 11.3. The first-order chi connectivity index (χ1) is 8.95. The number of aromatic nitrogens is 3. The molecule has 102 valence electrons. The van der Waals surface area contributed by atoms with E-state index >= 15 is 0 Å². The van der Waals surface area contributed by atoms with Crippen LogP contribution < -0.4 is 5.32 Å². The summed E-state index contributed by atoms with van der Waals surface area (Å²) in [6.07, 6.45) is 4.04. The molecule has 0 spiro atoms. The molecule has 2 heterocycles. The molecule has 2 aromatic heterocycles. The second-order valence-electron chi connectivity index (χ2n) is 5.30. The number of nitrogens with zero attached hydrogens (tertiary/aromatic N) is 3. The highest BCUT2D eigenvalue weighted by molar-refractivity contribution is 7.09. The Kier molecular flexibility index (Phi) is 4.37. The third-order valence-electron chi connectivity index (χ3n) is 2.49. The van der Waals surface area contributed by atoms with Crippen molar-refractivity contribution in [3.05, 3.63) is 33.6 Å². The van der Waals surface area contributed by atoms with Crippen LogP contribution in [0.1, 0.15) is 31.5 Å². The Morgan fingerprint density at radius 2 is 2.05 bits per heavy atom. The monoisotopic (exact) mass is 296 g/mol. The van der Waals surface area contributed by atoms with E-state index in [2.05, 4.69) is 46.4 Å². The third kappa shape index (κ3) is 4.14. The van der Waals surface area contributed by atoms with Crippen LogP contribution in [0.3, 0.4) is 0 Å². The first kappa shape index (κ1) is 14.2. The number of rotatable bonds is 4. The normalized spacial score (nSPS) is 11.6. The van der Waals surface area contributed by atoms with Crippen molar-refractivity contribution < 1.29 is 0 Å². The lowest BCUT2D eigenvalue weighted by Crippen LogP contribution is -2.11. The maximum atomic E-state index is 5.77. The topological polar surface area (TPSA) is 50.7 Å². The van der Waals surface area contributed by atoms with Crippen LogP contribution in [0.15, 0.2) is 17.8 Å². The standard InChI is InChI=1S/C13H17ClN4S/c1-13(2,3)12-17-9(8-19-12)4-5-16-11-7-15-6-10(14)18-11/h6-8H,4-5H2,1-3H3,(H,16,18). The van der Waals surface area contributed by atoms with Crippen LogP contribution in [0, 0.1) is 0 Å². The molecule has 4 nitrogen and oxygen atoms in total. The highest BCUT2D eigenvalue weighted by Gasteiger charge is 2.17. The minimum absolute atomic E-state index is 0.120. The molecule has 0 fully saturated rings. The van der Waals surface area contributed by atoms with Crippen LogP contribution in [-0.2, 0) is 11.8 Å². The van der Waals surface area contributed by atoms with Crippen molar-refractivity contribution in [2.24, 2.45) is 0 Å². The van der Waals surface area contributed by atoms with Gasteiger partial charge in [0.05, 0.1) is 23.1 Å². The van der Waals surface area contributed by atoms with E-state index in [4.69, 9.17) is 11.6 Å². The molecule has 0 aliphatic heterocycles. The molecule has 0 saturated carbocycles. The largest absolute Gasteiger partial charge is 0.368 e. The van der Waals surface area contributed by atoms with Crippen molar-refractivity contribution in [1.29, 1.82) is 0 Å². The SMILES string of the molecule is CC(C)(C)c1nc(CCNc2cncc(Cl)n2)cs1. The van der Waals surface area contributed by atoms with Gasteiger partial charge in [0, 0.05) is 23.8 Å². The van der Waals surface area contributed by atoms with Crippen molar-refractivity contribution >= 4 is 28.8 Å². The number of thiazole rings is 1. The van der Waals surface area contributed by atoms with Gasteiger partial charge in [0.2, 0.25) is 0 Å². The molecular formula is C13H17ClN4S. The lowest BCUT2D eigenvalue weighted by Gasteiger charge is -2.13. The molecule has 2 aromatic rings. The Morgan fingerprint density at radius 1 is 1.26 bits per heavy atom. The van der Waals surface area contributed by atoms with Crippen LogP contribution in [0.2, 0.25) is 5.15 Å². The fourth-order valence-corrected chi connectivity index (χ4v) is 2.60. The van der Waals surface area contributed by atoms with E-state index in [1.807, 2.05) is 0 Å². The second-order valence-corrected chi connectivity index (χ2v) is 6.54. The molecule has 2 rings (SSSR count). The summed E-state index contributed by atoms with van der Waals surface area (Å²) >= 11 is 7.49. The molecule has 0 bridgehead atoms. The summed E-state index contributed by atoms with van der Waals surface area (Å²) in [4.78, 5) is 12.7. The van der Waals surface area contributed by atoms with Crippen LogP contribution >= 0.6 is 22.9 Å². The average molecular weight is 297 g/mol. The molecule has 0 aliphatic carbocycles. The van der Waals surface area contributed by atoms with Gasteiger partial charge in [0.25, 0.3) is 0 Å². The molecule has 6 heteroatoms. The molecule has 0 unspecified atom stereocenters. The third-order valence-corrected chi connectivity index (χ3v) is 3.98. The van der Waals surface area contributed by atoms with Gasteiger partial charge in [-0.25, -0.2) is 9.97 Å². The number of hydrogen-bond donors (Lipinski definition) is 1. The molecule has 0 saturated heterocycles. The van der Waals surface area contributed by atoms with Gasteiger partial charge in [-0.1, -0.05) is 32.4 Å². The Labute approximate surface area is 122 Å². The fraction of sp³-hybridized carbons (Fsp3) is 0.462. The fourth-order valence-electron chi connectivity index (χ4n) is 1.51. The van der Waals surface area contributed by atoms with Crippen LogP contribution in [0.25, 0.3) is 0 Å². The van der Waals surface area contributed by atoms with Crippen LogP contribution in [0.4, 0.5) is 5.82 Å². The zero-order valence-corrected chi connectivity index (χ0v) is 12.8. The summed E-state index contributed by atoms with van der Waals surface area (Å²) in [5.74, 6) is 0.693. The van der Waals surface area contributed by atoms with E-state index in [1.165, 1.54) is 11.2 Å². The first-order valence-corrected chi connectivity index (χ1v) is 7.37. The van der Waals surface area contributed by atoms with E-state index < -0.39 is 0 Å². The Balaban J connectivity index is 1.88. The van der Waals surface area contributed by atoms with E-state index in [0.717, 1.165) is 18.7 Å². The lowest BCUT2D eigenvalue weighted by molar-refractivity contribution is 0.583. The number of anilines is 1. The van der Waals surface area contributed by atoms with Crippen molar-refractivity contribution in [3.8, 4) is 0 Å². The summed E-state index contributed by atoms with van der Waals surface area (Å²) in [5.41, 5.74) is 1.23. The quantitative estimate of drug-likeness (QED) is 0.937. The molecule has 19 heavy (non-hydrogen) atoms.